The van der Waals surface area contributed by atoms with Crippen LogP contribution in [0.4, 0.5) is 0 Å². The Morgan fingerprint density at radius 2 is 1.53 bits per heavy atom. The van der Waals surface area contributed by atoms with Crippen molar-refractivity contribution in [1.29, 1.82) is 0 Å². The van der Waals surface area contributed by atoms with Crippen LogP contribution in [0.2, 0.25) is 0 Å². The Hall–Kier alpha value is -4.96. The minimum Gasteiger partial charge on any atom is -0.465 e. The van der Waals surface area contributed by atoms with Crippen LogP contribution in [0, 0.1) is 0 Å². The van der Waals surface area contributed by atoms with Gasteiger partial charge in [0, 0.05) is 24.9 Å². The van der Waals surface area contributed by atoms with E-state index in [0.29, 0.717) is 30.5 Å². The van der Waals surface area contributed by atoms with Gasteiger partial charge in [-0.05, 0) is 54.7 Å². The summed E-state index contributed by atoms with van der Waals surface area (Å²) in [6, 6.07) is 24.0. The molecule has 43 heavy (non-hydrogen) atoms. The van der Waals surface area contributed by atoms with Crippen LogP contribution in [0.25, 0.3) is 11.0 Å². The molecular formula is C33H35N3O7. The molecule has 4 rings (SSSR count). The van der Waals surface area contributed by atoms with E-state index in [0.717, 1.165) is 16.5 Å². The van der Waals surface area contributed by atoms with Gasteiger partial charge in [0.15, 0.2) is 5.76 Å². The van der Waals surface area contributed by atoms with Crippen molar-refractivity contribution in [3.63, 3.8) is 0 Å². The average molecular weight is 586 g/mol. The first-order valence-corrected chi connectivity index (χ1v) is 14.1. The second kappa shape index (κ2) is 15.3. The van der Waals surface area contributed by atoms with E-state index in [9.17, 15) is 24.3 Å². The average Bonchev–Trinajstić information content (AvgIpc) is 3.47. The summed E-state index contributed by atoms with van der Waals surface area (Å²) in [7, 11) is 1.32. The summed E-state index contributed by atoms with van der Waals surface area (Å²) in [5.74, 6) is -1.76. The van der Waals surface area contributed by atoms with Crippen molar-refractivity contribution in [3.8, 4) is 0 Å². The molecule has 0 fully saturated rings. The third-order valence-electron chi connectivity index (χ3n) is 6.90. The van der Waals surface area contributed by atoms with Crippen LogP contribution in [0.15, 0.2) is 89.3 Å². The lowest BCUT2D eigenvalue weighted by Crippen LogP contribution is -2.47. The molecule has 1 heterocycles. The largest absolute Gasteiger partial charge is 0.465 e. The first-order valence-electron chi connectivity index (χ1n) is 14.1. The number of aliphatic hydroxyl groups excluding tert-OH is 1. The molecule has 0 saturated heterocycles. The third kappa shape index (κ3) is 9.01. The van der Waals surface area contributed by atoms with E-state index >= 15 is 0 Å². The van der Waals surface area contributed by atoms with E-state index in [1.807, 2.05) is 42.5 Å². The number of ether oxygens (including phenoxy) is 1. The summed E-state index contributed by atoms with van der Waals surface area (Å²) in [6.07, 6.45) is 0.109. The number of furan rings is 1. The van der Waals surface area contributed by atoms with Gasteiger partial charge in [0.1, 0.15) is 17.7 Å². The fraction of sp³-hybridized carbons (Fsp3) is 0.273. The SMILES string of the molecule is COC(=O)c1ccc(CCNC(=O)[C@H](CCCNC(=O)[C@H](O)Cc2ccccc2)NC(=O)c2cc3ccccc3o2)cc1. The zero-order chi connectivity index (χ0) is 30.6. The summed E-state index contributed by atoms with van der Waals surface area (Å²) < 4.78 is 10.4. The molecule has 10 heteroatoms. The normalized spacial score (nSPS) is 12.2. The highest BCUT2D eigenvalue weighted by molar-refractivity contribution is 5.98. The number of amides is 3. The smallest absolute Gasteiger partial charge is 0.337 e. The molecule has 1 aromatic heterocycles. The van der Waals surface area contributed by atoms with Crippen molar-refractivity contribution in [2.75, 3.05) is 20.2 Å². The summed E-state index contributed by atoms with van der Waals surface area (Å²) in [6.45, 7) is 0.511. The lowest BCUT2D eigenvalue weighted by atomic mass is 10.1. The van der Waals surface area contributed by atoms with E-state index < -0.39 is 29.9 Å². The van der Waals surface area contributed by atoms with Crippen molar-refractivity contribution in [1.82, 2.24) is 16.0 Å². The van der Waals surface area contributed by atoms with Crippen molar-refractivity contribution < 1.29 is 33.4 Å². The van der Waals surface area contributed by atoms with E-state index in [4.69, 9.17) is 9.15 Å². The second-order valence-electron chi connectivity index (χ2n) is 10.0. The molecule has 3 aromatic carbocycles. The third-order valence-corrected chi connectivity index (χ3v) is 6.90. The zero-order valence-electron chi connectivity index (χ0n) is 23.9. The Morgan fingerprint density at radius 3 is 2.26 bits per heavy atom. The van der Waals surface area contributed by atoms with Crippen molar-refractivity contribution in [2.45, 2.75) is 37.8 Å². The number of carbonyl (C=O) groups is 4. The van der Waals surface area contributed by atoms with Crippen LogP contribution >= 0.6 is 0 Å². The molecule has 0 unspecified atom stereocenters. The highest BCUT2D eigenvalue weighted by Gasteiger charge is 2.23. The second-order valence-corrected chi connectivity index (χ2v) is 10.0. The zero-order valence-corrected chi connectivity index (χ0v) is 23.9. The highest BCUT2D eigenvalue weighted by Crippen LogP contribution is 2.19. The van der Waals surface area contributed by atoms with Gasteiger partial charge in [-0.1, -0.05) is 60.7 Å². The number of esters is 1. The molecule has 0 bridgehead atoms. The van der Waals surface area contributed by atoms with Gasteiger partial charge in [-0.3, -0.25) is 14.4 Å². The minimum absolute atomic E-state index is 0.0852. The van der Waals surface area contributed by atoms with Gasteiger partial charge in [-0.2, -0.15) is 0 Å². The minimum atomic E-state index is -1.20. The van der Waals surface area contributed by atoms with E-state index in [1.54, 1.807) is 42.5 Å². The van der Waals surface area contributed by atoms with Crippen molar-refractivity contribution in [3.05, 3.63) is 107 Å². The van der Waals surface area contributed by atoms with Gasteiger partial charge in [0.05, 0.1) is 12.7 Å². The number of benzene rings is 3. The Balaban J connectivity index is 1.32. The molecule has 2 atom stereocenters. The fourth-order valence-corrected chi connectivity index (χ4v) is 4.54. The Morgan fingerprint density at radius 1 is 0.837 bits per heavy atom. The van der Waals surface area contributed by atoms with Crippen LogP contribution in [0.3, 0.4) is 0 Å². The van der Waals surface area contributed by atoms with Gasteiger partial charge in [-0.15, -0.1) is 0 Å². The summed E-state index contributed by atoms with van der Waals surface area (Å²) in [5.41, 5.74) is 2.74. The predicted molar refractivity (Wildman–Crippen MR) is 160 cm³/mol. The molecule has 0 aliphatic heterocycles. The number of rotatable bonds is 14. The maximum atomic E-state index is 13.1. The summed E-state index contributed by atoms with van der Waals surface area (Å²) in [5, 5.41) is 19.3. The number of hydrogen-bond acceptors (Lipinski definition) is 7. The number of fused-ring (bicyclic) bond motifs is 1. The molecular weight excluding hydrogens is 550 g/mol. The molecule has 10 nitrogen and oxygen atoms in total. The van der Waals surface area contributed by atoms with E-state index in [2.05, 4.69) is 16.0 Å². The first kappa shape index (κ1) is 31.0. The van der Waals surface area contributed by atoms with Crippen LogP contribution in [-0.2, 0) is 27.2 Å². The molecule has 3 amide bonds. The monoisotopic (exact) mass is 585 g/mol. The molecule has 4 aromatic rings. The first-order chi connectivity index (χ1) is 20.8. The molecule has 224 valence electrons. The Labute approximate surface area is 249 Å². The molecule has 0 saturated carbocycles. The molecule has 0 radical (unpaired) electrons. The summed E-state index contributed by atoms with van der Waals surface area (Å²) >= 11 is 0. The molecule has 0 spiro atoms. The number of carbonyl (C=O) groups excluding carboxylic acids is 4. The van der Waals surface area contributed by atoms with Crippen LogP contribution in [0.5, 0.6) is 0 Å². The fourth-order valence-electron chi connectivity index (χ4n) is 4.54. The van der Waals surface area contributed by atoms with E-state index in [-0.39, 0.29) is 31.1 Å². The van der Waals surface area contributed by atoms with Gasteiger partial charge in [0.25, 0.3) is 5.91 Å². The van der Waals surface area contributed by atoms with Gasteiger partial charge < -0.3 is 30.2 Å². The number of hydrogen-bond donors (Lipinski definition) is 4. The Bertz CT molecular complexity index is 1500. The number of nitrogens with one attached hydrogen (secondary N) is 3. The number of aliphatic hydroxyl groups is 1. The highest BCUT2D eigenvalue weighted by atomic mass is 16.5. The van der Waals surface area contributed by atoms with Crippen molar-refractivity contribution in [2.24, 2.45) is 0 Å². The topological polar surface area (TPSA) is 147 Å². The van der Waals surface area contributed by atoms with Crippen LogP contribution in [0.1, 0.15) is 44.9 Å². The van der Waals surface area contributed by atoms with Gasteiger partial charge >= 0.3 is 5.97 Å². The number of para-hydroxylation sites is 1. The Kier molecular flexibility index (Phi) is 11.0. The molecule has 0 aliphatic carbocycles. The van der Waals surface area contributed by atoms with Gasteiger partial charge in [-0.25, -0.2) is 4.79 Å². The lowest BCUT2D eigenvalue weighted by Gasteiger charge is -2.18. The van der Waals surface area contributed by atoms with E-state index in [1.165, 1.54) is 7.11 Å². The lowest BCUT2D eigenvalue weighted by molar-refractivity contribution is -0.129. The maximum absolute atomic E-state index is 13.1. The molecule has 4 N–H and O–H groups in total. The maximum Gasteiger partial charge on any atom is 0.337 e. The predicted octanol–water partition coefficient (Wildman–Crippen LogP) is 3.18. The van der Waals surface area contributed by atoms with Crippen LogP contribution in [-0.4, -0.2) is 61.1 Å². The van der Waals surface area contributed by atoms with Gasteiger partial charge in [0.2, 0.25) is 11.8 Å². The molecule has 0 aliphatic rings. The quantitative estimate of drug-likeness (QED) is 0.131. The standard InChI is InChI=1S/C33H35N3O7/c1-42-33(41)24-15-13-22(14-16-24)17-19-35-30(38)26(36-32(40)29-21-25-10-5-6-12-28(25)43-29)11-7-18-34-31(39)27(37)20-23-8-3-2-4-9-23/h2-6,8-10,12-16,21,26-27,37H,7,11,17-20H2,1H3,(H,34,39)(H,35,38)(H,36,40)/t26-,27+/m0/s1. The number of methoxy groups -OCH3 is 1. The summed E-state index contributed by atoms with van der Waals surface area (Å²) in [4.78, 5) is 50.2. The van der Waals surface area contributed by atoms with Crippen molar-refractivity contribution >= 4 is 34.7 Å². The van der Waals surface area contributed by atoms with Crippen LogP contribution < -0.4 is 16.0 Å².